The smallest absolute Gasteiger partial charge is 0.244 e. The molecule has 1 aromatic heterocycles. The van der Waals surface area contributed by atoms with Crippen molar-refractivity contribution in [1.29, 1.82) is 0 Å². The summed E-state index contributed by atoms with van der Waals surface area (Å²) in [5.41, 5.74) is 5.01. The lowest BCUT2D eigenvalue weighted by atomic mass is 10.1. The van der Waals surface area contributed by atoms with E-state index < -0.39 is 0 Å². The number of hydrogen-bond acceptors (Lipinski definition) is 3. The van der Waals surface area contributed by atoms with Crippen LogP contribution < -0.4 is 10.1 Å². The van der Waals surface area contributed by atoms with Crippen LogP contribution in [0.1, 0.15) is 19.4 Å². The third-order valence-corrected chi connectivity index (χ3v) is 4.09. The third-order valence-electron chi connectivity index (χ3n) is 4.09. The van der Waals surface area contributed by atoms with Crippen molar-refractivity contribution < 1.29 is 9.53 Å². The zero-order valence-corrected chi connectivity index (χ0v) is 15.7. The Bertz CT molecular complexity index is 934. The van der Waals surface area contributed by atoms with E-state index in [2.05, 4.69) is 15.3 Å². The molecule has 0 atom stereocenters. The minimum Gasteiger partial charge on any atom is -0.497 e. The summed E-state index contributed by atoms with van der Waals surface area (Å²) in [5.74, 6) is 1.56. The van der Waals surface area contributed by atoms with Crippen molar-refractivity contribution >= 4 is 5.91 Å². The minimum atomic E-state index is -0.0748. The molecule has 1 heterocycles. The Hall–Kier alpha value is -3.34. The Balaban J connectivity index is 1.67. The minimum absolute atomic E-state index is 0.0748. The molecule has 5 heteroatoms. The predicted molar refractivity (Wildman–Crippen MR) is 107 cm³/mol. The van der Waals surface area contributed by atoms with Crippen molar-refractivity contribution in [3.63, 3.8) is 0 Å². The van der Waals surface area contributed by atoms with E-state index in [4.69, 9.17) is 4.74 Å². The van der Waals surface area contributed by atoms with Crippen LogP contribution in [-0.2, 0) is 11.3 Å². The molecule has 0 saturated carbocycles. The maximum atomic E-state index is 11.7. The number of rotatable bonds is 6. The molecule has 0 saturated heterocycles. The van der Waals surface area contributed by atoms with Gasteiger partial charge in [0.15, 0.2) is 0 Å². The maximum absolute atomic E-state index is 11.7. The molecule has 138 valence electrons. The van der Waals surface area contributed by atoms with Crippen LogP contribution in [-0.4, -0.2) is 23.0 Å². The van der Waals surface area contributed by atoms with E-state index >= 15 is 0 Å². The summed E-state index contributed by atoms with van der Waals surface area (Å²) in [6.45, 7) is 4.30. The Kier molecular flexibility index (Phi) is 5.71. The highest BCUT2D eigenvalue weighted by Crippen LogP contribution is 2.24. The van der Waals surface area contributed by atoms with E-state index in [0.717, 1.165) is 39.5 Å². The van der Waals surface area contributed by atoms with Crippen LogP contribution >= 0.6 is 0 Å². The number of amides is 1. The van der Waals surface area contributed by atoms with Crippen molar-refractivity contribution in [2.45, 2.75) is 20.4 Å². The summed E-state index contributed by atoms with van der Waals surface area (Å²) in [6.07, 6.45) is 3.42. The molecule has 0 spiro atoms. The van der Waals surface area contributed by atoms with Gasteiger partial charge in [0.2, 0.25) is 5.91 Å². The third kappa shape index (κ3) is 4.85. The Labute approximate surface area is 159 Å². The first-order valence-corrected chi connectivity index (χ1v) is 8.76. The van der Waals surface area contributed by atoms with Crippen LogP contribution in [0.3, 0.4) is 0 Å². The number of allylic oxidation sites excluding steroid dienone is 1. The fourth-order valence-electron chi connectivity index (χ4n) is 2.67. The number of methoxy groups -OCH3 is 1. The Morgan fingerprint density at radius 3 is 2.37 bits per heavy atom. The highest BCUT2D eigenvalue weighted by Gasteiger charge is 2.06. The number of nitrogens with one attached hydrogen (secondary N) is 2. The van der Waals surface area contributed by atoms with Crippen LogP contribution in [0, 0.1) is 0 Å². The van der Waals surface area contributed by atoms with E-state index in [1.807, 2.05) is 68.6 Å². The summed E-state index contributed by atoms with van der Waals surface area (Å²) >= 11 is 0. The number of hydrogen-bond donors (Lipinski definition) is 2. The number of aromatic amines is 1. The van der Waals surface area contributed by atoms with Crippen molar-refractivity contribution in [3.8, 4) is 28.4 Å². The Morgan fingerprint density at radius 2 is 1.74 bits per heavy atom. The summed E-state index contributed by atoms with van der Waals surface area (Å²) in [6, 6.07) is 15.8. The van der Waals surface area contributed by atoms with Crippen LogP contribution in [0.5, 0.6) is 5.75 Å². The van der Waals surface area contributed by atoms with Crippen LogP contribution in [0.25, 0.3) is 22.6 Å². The van der Waals surface area contributed by atoms with Gasteiger partial charge in [-0.2, -0.15) is 0 Å². The molecule has 3 aromatic rings. The second-order valence-electron chi connectivity index (χ2n) is 6.51. The van der Waals surface area contributed by atoms with Gasteiger partial charge in [0.25, 0.3) is 0 Å². The summed E-state index contributed by atoms with van der Waals surface area (Å²) in [7, 11) is 1.65. The molecule has 3 rings (SSSR count). The molecule has 0 radical (unpaired) electrons. The molecular formula is C22H23N3O2. The molecular weight excluding hydrogens is 338 g/mol. The lowest BCUT2D eigenvalue weighted by Gasteiger charge is -2.04. The van der Waals surface area contributed by atoms with Gasteiger partial charge in [0, 0.05) is 18.2 Å². The van der Waals surface area contributed by atoms with Gasteiger partial charge in [-0.1, -0.05) is 29.8 Å². The standard InChI is InChI=1S/C22H23N3O2/c1-15(2)12-21(26)23-13-16-4-6-18(7-5-16)22-24-14-20(25-22)17-8-10-19(27-3)11-9-17/h4-12,14H,13H2,1-3H3,(H,23,26)(H,24,25). The molecule has 2 N–H and O–H groups in total. The fourth-order valence-corrected chi connectivity index (χ4v) is 2.67. The first kappa shape index (κ1) is 18.5. The predicted octanol–water partition coefficient (Wildman–Crippen LogP) is 4.33. The molecule has 0 bridgehead atoms. The normalized spacial score (nSPS) is 10.3. The van der Waals surface area contributed by atoms with Crippen molar-refractivity contribution in [3.05, 3.63) is 71.9 Å². The molecule has 2 aromatic carbocycles. The van der Waals surface area contributed by atoms with Crippen LogP contribution in [0.2, 0.25) is 0 Å². The summed E-state index contributed by atoms with van der Waals surface area (Å²) in [4.78, 5) is 19.5. The summed E-state index contributed by atoms with van der Waals surface area (Å²) < 4.78 is 5.19. The molecule has 1 amide bonds. The molecule has 0 aliphatic rings. The zero-order valence-electron chi connectivity index (χ0n) is 15.7. The van der Waals surface area contributed by atoms with Crippen molar-refractivity contribution in [2.75, 3.05) is 7.11 Å². The number of carbonyl (C=O) groups excluding carboxylic acids is 1. The molecule has 0 fully saturated rings. The van der Waals surface area contributed by atoms with E-state index in [9.17, 15) is 4.79 Å². The van der Waals surface area contributed by atoms with Gasteiger partial charge in [0.1, 0.15) is 11.6 Å². The quantitative estimate of drug-likeness (QED) is 0.642. The molecule has 5 nitrogen and oxygen atoms in total. The number of H-pyrrole nitrogens is 1. The first-order chi connectivity index (χ1) is 13.0. The number of aromatic nitrogens is 2. The zero-order chi connectivity index (χ0) is 19.2. The fraction of sp³-hybridized carbons (Fsp3) is 0.182. The van der Waals surface area contributed by atoms with Gasteiger partial charge >= 0.3 is 0 Å². The maximum Gasteiger partial charge on any atom is 0.244 e. The van der Waals surface area contributed by atoms with Gasteiger partial charge in [-0.3, -0.25) is 4.79 Å². The van der Waals surface area contributed by atoms with Crippen molar-refractivity contribution in [2.24, 2.45) is 0 Å². The highest BCUT2D eigenvalue weighted by atomic mass is 16.5. The molecule has 27 heavy (non-hydrogen) atoms. The van der Waals surface area contributed by atoms with E-state index in [0.29, 0.717) is 6.54 Å². The first-order valence-electron chi connectivity index (χ1n) is 8.76. The van der Waals surface area contributed by atoms with Gasteiger partial charge in [-0.05, 0) is 49.2 Å². The van der Waals surface area contributed by atoms with Gasteiger partial charge in [-0.15, -0.1) is 0 Å². The molecule has 0 unspecified atom stereocenters. The Morgan fingerprint density at radius 1 is 1.07 bits per heavy atom. The van der Waals surface area contributed by atoms with E-state index in [-0.39, 0.29) is 5.91 Å². The number of nitrogens with zero attached hydrogens (tertiary/aromatic N) is 1. The second kappa shape index (κ2) is 8.36. The average molecular weight is 361 g/mol. The molecule has 0 aliphatic carbocycles. The van der Waals surface area contributed by atoms with Gasteiger partial charge in [-0.25, -0.2) is 4.98 Å². The lowest BCUT2D eigenvalue weighted by Crippen LogP contribution is -2.20. The largest absolute Gasteiger partial charge is 0.497 e. The van der Waals surface area contributed by atoms with Gasteiger partial charge < -0.3 is 15.0 Å². The number of ether oxygens (including phenoxy) is 1. The average Bonchev–Trinajstić information content (AvgIpc) is 3.16. The number of carbonyl (C=O) groups is 1. The number of benzene rings is 2. The second-order valence-corrected chi connectivity index (χ2v) is 6.51. The van der Waals surface area contributed by atoms with E-state index in [1.165, 1.54) is 0 Å². The van der Waals surface area contributed by atoms with E-state index in [1.54, 1.807) is 13.2 Å². The van der Waals surface area contributed by atoms with Crippen LogP contribution in [0.15, 0.2) is 66.4 Å². The van der Waals surface area contributed by atoms with Crippen LogP contribution in [0.4, 0.5) is 0 Å². The topological polar surface area (TPSA) is 67.0 Å². The SMILES string of the molecule is COc1ccc(-c2cnc(-c3ccc(CNC(=O)C=C(C)C)cc3)[nH]2)cc1. The molecule has 0 aliphatic heterocycles. The lowest BCUT2D eigenvalue weighted by molar-refractivity contribution is -0.116. The monoisotopic (exact) mass is 361 g/mol. The van der Waals surface area contributed by atoms with Gasteiger partial charge in [0.05, 0.1) is 19.0 Å². The summed E-state index contributed by atoms with van der Waals surface area (Å²) in [5, 5.41) is 2.88. The number of imidazole rings is 1. The van der Waals surface area contributed by atoms with Crippen molar-refractivity contribution in [1.82, 2.24) is 15.3 Å². The highest BCUT2D eigenvalue weighted by molar-refractivity contribution is 5.88.